The molecule has 1 unspecified atom stereocenters. The first kappa shape index (κ1) is 15.7. The lowest BCUT2D eigenvalue weighted by molar-refractivity contribution is 0.189. The lowest BCUT2D eigenvalue weighted by Crippen LogP contribution is -2.44. The Morgan fingerprint density at radius 3 is 3.19 bits per heavy atom. The Balaban J connectivity index is 0.00000161. The van der Waals surface area contributed by atoms with Gasteiger partial charge in [-0.05, 0) is 19.2 Å². The van der Waals surface area contributed by atoms with Crippen molar-refractivity contribution in [3.8, 4) is 5.75 Å². The van der Waals surface area contributed by atoms with Crippen LogP contribution in [0, 0.1) is 0 Å². The summed E-state index contributed by atoms with van der Waals surface area (Å²) in [7, 11) is 2.06. The van der Waals surface area contributed by atoms with E-state index in [2.05, 4.69) is 32.4 Å². The molecule has 2 aromatic heterocycles. The molecule has 3 heterocycles. The van der Waals surface area contributed by atoms with Gasteiger partial charge in [-0.2, -0.15) is 4.98 Å². The van der Waals surface area contributed by atoms with Crippen molar-refractivity contribution in [2.45, 2.75) is 12.6 Å². The summed E-state index contributed by atoms with van der Waals surface area (Å²) in [6.45, 7) is 3.05. The summed E-state index contributed by atoms with van der Waals surface area (Å²) in [5.41, 5.74) is 0. The van der Waals surface area contributed by atoms with Gasteiger partial charge in [-0.15, -0.1) is 12.4 Å². The monoisotopic (exact) mass is 311 g/mol. The highest BCUT2D eigenvalue weighted by Gasteiger charge is 2.25. The Hall–Kier alpha value is -1.70. The normalized spacial score (nSPS) is 19.0. The highest BCUT2D eigenvalue weighted by Crippen LogP contribution is 2.18. The van der Waals surface area contributed by atoms with Crippen LogP contribution in [0.2, 0.25) is 0 Å². The largest absolute Gasteiger partial charge is 0.482 e. The number of hydrogen-bond acceptors (Lipinski definition) is 7. The average Bonchev–Trinajstić information content (AvgIpc) is 2.95. The van der Waals surface area contributed by atoms with Crippen LogP contribution in [0.1, 0.15) is 17.8 Å². The molecule has 1 aliphatic rings. The molecule has 0 aliphatic carbocycles. The van der Waals surface area contributed by atoms with Crippen LogP contribution in [0.15, 0.2) is 29.0 Å². The predicted molar refractivity (Wildman–Crippen MR) is 78.4 cm³/mol. The van der Waals surface area contributed by atoms with Gasteiger partial charge >= 0.3 is 0 Å². The molecule has 1 saturated heterocycles. The lowest BCUT2D eigenvalue weighted by atomic mass is 10.2. The quantitative estimate of drug-likeness (QED) is 0.904. The molecule has 2 aromatic rings. The highest BCUT2D eigenvalue weighted by atomic mass is 35.5. The van der Waals surface area contributed by atoms with Gasteiger partial charge in [-0.25, -0.2) is 0 Å². The van der Waals surface area contributed by atoms with E-state index in [1.54, 1.807) is 12.4 Å². The molecule has 0 aromatic carbocycles. The van der Waals surface area contributed by atoms with Crippen LogP contribution in [0.3, 0.4) is 0 Å². The fourth-order valence-electron chi connectivity index (χ4n) is 2.13. The molecule has 0 amide bonds. The molecule has 1 N–H and O–H groups in total. The number of nitrogens with zero attached hydrogens (tertiary/aromatic N) is 4. The van der Waals surface area contributed by atoms with E-state index in [1.807, 2.05) is 12.1 Å². The molecule has 0 spiro atoms. The minimum Gasteiger partial charge on any atom is -0.482 e. The maximum atomic E-state index is 5.53. The van der Waals surface area contributed by atoms with E-state index in [9.17, 15) is 0 Å². The topological polar surface area (TPSA) is 76.3 Å². The third kappa shape index (κ3) is 3.90. The number of rotatable bonds is 4. The number of ether oxygens (including phenoxy) is 1. The van der Waals surface area contributed by atoms with Crippen molar-refractivity contribution in [1.82, 2.24) is 25.3 Å². The van der Waals surface area contributed by atoms with E-state index in [1.165, 1.54) is 0 Å². The molecule has 1 atom stereocenters. The van der Waals surface area contributed by atoms with Crippen LogP contribution in [-0.2, 0) is 6.61 Å². The van der Waals surface area contributed by atoms with Crippen molar-refractivity contribution in [3.05, 3.63) is 36.2 Å². The number of piperazine rings is 1. The minimum atomic E-state index is 0. The van der Waals surface area contributed by atoms with E-state index in [0.29, 0.717) is 17.5 Å². The Morgan fingerprint density at radius 2 is 2.43 bits per heavy atom. The Bertz CT molecular complexity index is 551. The molecule has 1 aliphatic heterocycles. The van der Waals surface area contributed by atoms with E-state index < -0.39 is 0 Å². The average molecular weight is 312 g/mol. The molecular formula is C13H18ClN5O2. The fourth-order valence-corrected chi connectivity index (χ4v) is 2.13. The number of hydrogen-bond donors (Lipinski definition) is 1. The Labute approximate surface area is 129 Å². The van der Waals surface area contributed by atoms with Crippen molar-refractivity contribution in [2.75, 3.05) is 26.7 Å². The van der Waals surface area contributed by atoms with Crippen LogP contribution in [-0.4, -0.2) is 46.7 Å². The summed E-state index contributed by atoms with van der Waals surface area (Å²) >= 11 is 0. The van der Waals surface area contributed by atoms with E-state index >= 15 is 0 Å². The summed E-state index contributed by atoms with van der Waals surface area (Å²) in [6.07, 6.45) is 3.35. The van der Waals surface area contributed by atoms with Gasteiger partial charge in [0.15, 0.2) is 12.4 Å². The molecule has 7 nitrogen and oxygen atoms in total. The highest BCUT2D eigenvalue weighted by molar-refractivity contribution is 5.85. The zero-order valence-electron chi connectivity index (χ0n) is 11.7. The second kappa shape index (κ2) is 7.35. The van der Waals surface area contributed by atoms with E-state index in [-0.39, 0.29) is 25.1 Å². The summed E-state index contributed by atoms with van der Waals surface area (Å²) < 4.78 is 10.8. The van der Waals surface area contributed by atoms with Crippen LogP contribution >= 0.6 is 12.4 Å². The van der Waals surface area contributed by atoms with Gasteiger partial charge in [0.25, 0.3) is 5.89 Å². The first-order valence-corrected chi connectivity index (χ1v) is 6.59. The standard InChI is InChI=1S/C13H17N5O2.ClH/c1-18-6-5-15-8-11(18)13-16-12(20-17-13)9-19-10-3-2-4-14-7-10;/h2-4,7,11,15H,5-6,8-9H2,1H3;1H. The van der Waals surface area contributed by atoms with Crippen molar-refractivity contribution in [3.63, 3.8) is 0 Å². The number of halogens is 1. The van der Waals surface area contributed by atoms with Crippen molar-refractivity contribution >= 4 is 12.4 Å². The summed E-state index contributed by atoms with van der Waals surface area (Å²) in [5, 5.41) is 7.37. The van der Waals surface area contributed by atoms with Crippen LogP contribution < -0.4 is 10.1 Å². The third-order valence-electron chi connectivity index (χ3n) is 3.29. The smallest absolute Gasteiger partial charge is 0.264 e. The first-order valence-electron chi connectivity index (χ1n) is 6.59. The van der Waals surface area contributed by atoms with Gasteiger partial charge in [-0.3, -0.25) is 9.88 Å². The van der Waals surface area contributed by atoms with E-state index in [0.717, 1.165) is 19.6 Å². The Morgan fingerprint density at radius 1 is 1.52 bits per heavy atom. The molecule has 0 radical (unpaired) electrons. The van der Waals surface area contributed by atoms with Gasteiger partial charge in [0.05, 0.1) is 12.2 Å². The number of pyridine rings is 1. The molecule has 1 fully saturated rings. The lowest BCUT2D eigenvalue weighted by Gasteiger charge is -2.30. The Kier molecular flexibility index (Phi) is 5.49. The minimum absolute atomic E-state index is 0. The van der Waals surface area contributed by atoms with Crippen LogP contribution in [0.4, 0.5) is 0 Å². The second-order valence-electron chi connectivity index (χ2n) is 4.72. The maximum Gasteiger partial charge on any atom is 0.264 e. The van der Waals surface area contributed by atoms with Crippen molar-refractivity contribution in [2.24, 2.45) is 0 Å². The second-order valence-corrected chi connectivity index (χ2v) is 4.72. The first-order chi connectivity index (χ1) is 9.83. The molecule has 21 heavy (non-hydrogen) atoms. The number of aromatic nitrogens is 3. The summed E-state index contributed by atoms with van der Waals surface area (Å²) in [5.74, 6) is 1.86. The van der Waals surface area contributed by atoms with Gasteiger partial charge in [-0.1, -0.05) is 5.16 Å². The number of likely N-dealkylation sites (N-methyl/N-ethyl adjacent to an activating group) is 1. The predicted octanol–water partition coefficient (Wildman–Crippen LogP) is 1.04. The maximum absolute atomic E-state index is 5.53. The van der Waals surface area contributed by atoms with E-state index in [4.69, 9.17) is 9.26 Å². The zero-order chi connectivity index (χ0) is 13.8. The SMILES string of the molecule is CN1CCNCC1c1noc(COc2cccnc2)n1.Cl. The molecular weight excluding hydrogens is 294 g/mol. The molecule has 114 valence electrons. The fraction of sp³-hybridized carbons (Fsp3) is 0.462. The molecule has 0 saturated carbocycles. The summed E-state index contributed by atoms with van der Waals surface area (Å²) in [4.78, 5) is 10.6. The zero-order valence-corrected chi connectivity index (χ0v) is 12.5. The van der Waals surface area contributed by atoms with Gasteiger partial charge < -0.3 is 14.6 Å². The third-order valence-corrected chi connectivity index (χ3v) is 3.29. The van der Waals surface area contributed by atoms with Crippen LogP contribution in [0.25, 0.3) is 0 Å². The van der Waals surface area contributed by atoms with Gasteiger partial charge in [0.1, 0.15) is 5.75 Å². The van der Waals surface area contributed by atoms with Gasteiger partial charge in [0, 0.05) is 25.8 Å². The summed E-state index contributed by atoms with van der Waals surface area (Å²) in [6, 6.07) is 3.81. The van der Waals surface area contributed by atoms with Crippen LogP contribution in [0.5, 0.6) is 5.75 Å². The molecule has 0 bridgehead atoms. The number of nitrogens with one attached hydrogen (secondary N) is 1. The van der Waals surface area contributed by atoms with Gasteiger partial charge in [0.2, 0.25) is 0 Å². The molecule has 8 heteroatoms. The van der Waals surface area contributed by atoms with Crippen molar-refractivity contribution < 1.29 is 9.26 Å². The molecule has 3 rings (SSSR count). The van der Waals surface area contributed by atoms with Crippen molar-refractivity contribution in [1.29, 1.82) is 0 Å².